The maximum atomic E-state index is 5.94. The van der Waals surface area contributed by atoms with E-state index in [1.807, 2.05) is 6.92 Å². The first kappa shape index (κ1) is 14.8. The molecule has 0 aliphatic carbocycles. The predicted octanol–water partition coefficient (Wildman–Crippen LogP) is 3.00. The first-order chi connectivity index (χ1) is 8.99. The van der Waals surface area contributed by atoms with Gasteiger partial charge < -0.3 is 15.5 Å². The molecule has 0 aromatic heterocycles. The molecule has 1 heterocycles. The molecule has 0 bridgehead atoms. The Kier molecular flexibility index (Phi) is 4.87. The van der Waals surface area contributed by atoms with Crippen molar-refractivity contribution in [1.82, 2.24) is 4.90 Å². The third-order valence-electron chi connectivity index (χ3n) is 3.85. The van der Waals surface area contributed by atoms with Crippen LogP contribution in [-0.2, 0) is 0 Å². The number of halogens is 1. The number of likely N-dealkylation sites (N-methyl/N-ethyl adjacent to an activating group) is 1. The SMILES string of the molecule is CC(N)c1ccc(N2CCCN(C)CC2C)c(Br)c1. The zero-order chi connectivity index (χ0) is 14.0. The van der Waals surface area contributed by atoms with Crippen molar-refractivity contribution in [2.75, 3.05) is 31.6 Å². The molecule has 1 saturated heterocycles. The molecule has 2 N–H and O–H groups in total. The van der Waals surface area contributed by atoms with Gasteiger partial charge in [0.15, 0.2) is 0 Å². The summed E-state index contributed by atoms with van der Waals surface area (Å²) < 4.78 is 1.15. The lowest BCUT2D eigenvalue weighted by Crippen LogP contribution is -2.38. The second-order valence-corrected chi connectivity index (χ2v) is 6.51. The number of rotatable bonds is 2. The molecule has 0 amide bonds. The Morgan fingerprint density at radius 2 is 2.11 bits per heavy atom. The third-order valence-corrected chi connectivity index (χ3v) is 4.49. The molecule has 1 aliphatic heterocycles. The van der Waals surface area contributed by atoms with Gasteiger partial charge in [-0.25, -0.2) is 0 Å². The van der Waals surface area contributed by atoms with Crippen molar-refractivity contribution in [3.63, 3.8) is 0 Å². The summed E-state index contributed by atoms with van der Waals surface area (Å²) >= 11 is 3.71. The Bertz CT molecular complexity index is 433. The monoisotopic (exact) mass is 325 g/mol. The van der Waals surface area contributed by atoms with Crippen LogP contribution in [0.25, 0.3) is 0 Å². The number of benzene rings is 1. The van der Waals surface area contributed by atoms with Gasteiger partial charge in [-0.3, -0.25) is 0 Å². The fraction of sp³-hybridized carbons (Fsp3) is 0.600. The van der Waals surface area contributed by atoms with Crippen LogP contribution in [0.4, 0.5) is 5.69 Å². The van der Waals surface area contributed by atoms with Crippen LogP contribution >= 0.6 is 15.9 Å². The molecule has 1 aliphatic rings. The van der Waals surface area contributed by atoms with Gasteiger partial charge in [0, 0.05) is 29.6 Å². The lowest BCUT2D eigenvalue weighted by Gasteiger charge is -2.31. The summed E-state index contributed by atoms with van der Waals surface area (Å²) in [7, 11) is 2.20. The average Bonchev–Trinajstić information content (AvgIpc) is 2.50. The van der Waals surface area contributed by atoms with Crippen LogP contribution in [0.15, 0.2) is 22.7 Å². The lowest BCUT2D eigenvalue weighted by atomic mass is 10.1. The van der Waals surface area contributed by atoms with Crippen LogP contribution in [-0.4, -0.2) is 37.6 Å². The van der Waals surface area contributed by atoms with Crippen LogP contribution < -0.4 is 10.6 Å². The largest absolute Gasteiger partial charge is 0.367 e. The van der Waals surface area contributed by atoms with Crippen LogP contribution in [0.2, 0.25) is 0 Å². The van der Waals surface area contributed by atoms with E-state index in [0.29, 0.717) is 6.04 Å². The van der Waals surface area contributed by atoms with Crippen LogP contribution in [0.3, 0.4) is 0 Å². The maximum Gasteiger partial charge on any atom is 0.0513 e. The minimum Gasteiger partial charge on any atom is -0.367 e. The molecule has 1 aromatic carbocycles. The van der Waals surface area contributed by atoms with Gasteiger partial charge >= 0.3 is 0 Å². The standard InChI is InChI=1S/C15H24BrN3/c1-11-10-18(3)7-4-8-19(11)15-6-5-13(12(2)17)9-14(15)16/h5-6,9,11-12H,4,7-8,10,17H2,1-3H3. The fourth-order valence-corrected chi connectivity index (χ4v) is 3.39. The highest BCUT2D eigenvalue weighted by molar-refractivity contribution is 9.10. The highest BCUT2D eigenvalue weighted by Gasteiger charge is 2.21. The van der Waals surface area contributed by atoms with Gasteiger partial charge in [0.2, 0.25) is 0 Å². The zero-order valence-corrected chi connectivity index (χ0v) is 13.7. The summed E-state index contributed by atoms with van der Waals surface area (Å²) in [6.07, 6.45) is 1.21. The normalized spacial score (nSPS) is 23.2. The fourth-order valence-electron chi connectivity index (χ4n) is 2.77. The van der Waals surface area contributed by atoms with E-state index in [1.54, 1.807) is 0 Å². The van der Waals surface area contributed by atoms with Crippen molar-refractivity contribution < 1.29 is 0 Å². The Hall–Kier alpha value is -0.580. The first-order valence-electron chi connectivity index (χ1n) is 6.99. The van der Waals surface area contributed by atoms with Crippen molar-refractivity contribution in [2.24, 2.45) is 5.73 Å². The van der Waals surface area contributed by atoms with Crippen molar-refractivity contribution in [3.05, 3.63) is 28.2 Å². The summed E-state index contributed by atoms with van der Waals surface area (Å²) in [5.74, 6) is 0. The molecule has 2 unspecified atom stereocenters. The van der Waals surface area contributed by atoms with Crippen LogP contribution in [0, 0.1) is 0 Å². The Labute approximate surface area is 124 Å². The Morgan fingerprint density at radius 3 is 2.74 bits per heavy atom. The molecule has 4 heteroatoms. The van der Waals surface area contributed by atoms with E-state index in [0.717, 1.165) is 17.6 Å². The molecule has 3 nitrogen and oxygen atoms in total. The van der Waals surface area contributed by atoms with Crippen molar-refractivity contribution >= 4 is 21.6 Å². The summed E-state index contributed by atoms with van der Waals surface area (Å²) in [5, 5.41) is 0. The molecule has 0 saturated carbocycles. The second-order valence-electron chi connectivity index (χ2n) is 5.66. The number of nitrogens with two attached hydrogens (primary N) is 1. The third kappa shape index (κ3) is 3.50. The maximum absolute atomic E-state index is 5.94. The number of nitrogens with zero attached hydrogens (tertiary/aromatic N) is 2. The van der Waals surface area contributed by atoms with E-state index in [1.165, 1.54) is 24.2 Å². The van der Waals surface area contributed by atoms with E-state index < -0.39 is 0 Å². The zero-order valence-electron chi connectivity index (χ0n) is 12.1. The van der Waals surface area contributed by atoms with Crippen molar-refractivity contribution in [1.29, 1.82) is 0 Å². The van der Waals surface area contributed by atoms with E-state index in [-0.39, 0.29) is 6.04 Å². The Morgan fingerprint density at radius 1 is 1.37 bits per heavy atom. The molecule has 19 heavy (non-hydrogen) atoms. The van der Waals surface area contributed by atoms with Crippen LogP contribution in [0.1, 0.15) is 31.9 Å². The molecule has 2 rings (SSSR count). The molecule has 1 fully saturated rings. The van der Waals surface area contributed by atoms with Gasteiger partial charge in [-0.2, -0.15) is 0 Å². The second kappa shape index (κ2) is 6.25. The smallest absolute Gasteiger partial charge is 0.0513 e. The molecule has 0 spiro atoms. The van der Waals surface area contributed by atoms with Crippen molar-refractivity contribution in [2.45, 2.75) is 32.4 Å². The van der Waals surface area contributed by atoms with Gasteiger partial charge in [-0.15, -0.1) is 0 Å². The Balaban J connectivity index is 2.25. The van der Waals surface area contributed by atoms with Gasteiger partial charge in [0.25, 0.3) is 0 Å². The number of anilines is 1. The minimum atomic E-state index is 0.0815. The van der Waals surface area contributed by atoms with Crippen LogP contribution in [0.5, 0.6) is 0 Å². The lowest BCUT2D eigenvalue weighted by molar-refractivity contribution is 0.337. The summed E-state index contributed by atoms with van der Waals surface area (Å²) in [5.41, 5.74) is 8.40. The topological polar surface area (TPSA) is 32.5 Å². The highest BCUT2D eigenvalue weighted by Crippen LogP contribution is 2.31. The van der Waals surface area contributed by atoms with Crippen molar-refractivity contribution in [3.8, 4) is 0 Å². The molecule has 1 aromatic rings. The summed E-state index contributed by atoms with van der Waals surface area (Å²) in [4.78, 5) is 4.91. The number of hydrogen-bond acceptors (Lipinski definition) is 3. The highest BCUT2D eigenvalue weighted by atomic mass is 79.9. The molecular formula is C15H24BrN3. The molecule has 2 atom stereocenters. The summed E-state index contributed by atoms with van der Waals surface area (Å²) in [6.45, 7) is 7.72. The van der Waals surface area contributed by atoms with Gasteiger partial charge in [-0.1, -0.05) is 6.07 Å². The predicted molar refractivity (Wildman–Crippen MR) is 85.7 cm³/mol. The average molecular weight is 326 g/mol. The quantitative estimate of drug-likeness (QED) is 0.907. The molecule has 106 valence electrons. The van der Waals surface area contributed by atoms with E-state index in [4.69, 9.17) is 5.73 Å². The first-order valence-corrected chi connectivity index (χ1v) is 7.78. The van der Waals surface area contributed by atoms with Gasteiger partial charge in [-0.05, 0) is 67.5 Å². The van der Waals surface area contributed by atoms with E-state index in [2.05, 4.69) is 57.9 Å². The van der Waals surface area contributed by atoms with E-state index >= 15 is 0 Å². The van der Waals surface area contributed by atoms with Gasteiger partial charge in [0.05, 0.1) is 5.69 Å². The van der Waals surface area contributed by atoms with Gasteiger partial charge in [0.1, 0.15) is 0 Å². The number of hydrogen-bond donors (Lipinski definition) is 1. The van der Waals surface area contributed by atoms with E-state index in [9.17, 15) is 0 Å². The molecule has 0 radical (unpaired) electrons. The molecular weight excluding hydrogens is 302 g/mol. The summed E-state index contributed by atoms with van der Waals surface area (Å²) in [6, 6.07) is 7.11. The minimum absolute atomic E-state index is 0.0815.